The molecule has 2 heteroatoms. The molecule has 1 atom stereocenters. The first-order valence-electron chi connectivity index (χ1n) is 5.75. The first-order valence-corrected chi connectivity index (χ1v) is 5.75. The summed E-state index contributed by atoms with van der Waals surface area (Å²) in [4.78, 5) is 11.9. The summed E-state index contributed by atoms with van der Waals surface area (Å²) in [6.45, 7) is 3.99. The van der Waals surface area contributed by atoms with E-state index in [9.17, 15) is 4.79 Å². The monoisotopic (exact) mass is 215 g/mol. The van der Waals surface area contributed by atoms with Crippen molar-refractivity contribution in [3.05, 3.63) is 35.4 Å². The van der Waals surface area contributed by atoms with Gasteiger partial charge in [0.1, 0.15) is 5.92 Å². The Morgan fingerprint density at radius 1 is 1.31 bits per heavy atom. The van der Waals surface area contributed by atoms with Gasteiger partial charge >= 0.3 is 0 Å². The molecule has 0 radical (unpaired) electrons. The standard InChI is InChI=1S/C14H17NO/c1-3-5-11-6-8-13(9-7-11)14(16)12(4-2)10-15/h6-9,12H,3-5H2,1-2H3. The highest BCUT2D eigenvalue weighted by Crippen LogP contribution is 2.13. The molecule has 0 aliphatic rings. The molecule has 0 N–H and O–H groups in total. The van der Waals surface area contributed by atoms with Gasteiger partial charge in [-0.2, -0.15) is 5.26 Å². The Kier molecular flexibility index (Phi) is 4.72. The summed E-state index contributed by atoms with van der Waals surface area (Å²) in [5.41, 5.74) is 1.89. The molecular formula is C14H17NO. The third kappa shape index (κ3) is 2.93. The van der Waals surface area contributed by atoms with E-state index in [1.807, 2.05) is 37.3 Å². The van der Waals surface area contributed by atoms with E-state index < -0.39 is 5.92 Å². The summed E-state index contributed by atoms with van der Waals surface area (Å²) in [7, 11) is 0. The van der Waals surface area contributed by atoms with Crippen molar-refractivity contribution in [3.63, 3.8) is 0 Å². The van der Waals surface area contributed by atoms with Crippen molar-refractivity contribution >= 4 is 5.78 Å². The van der Waals surface area contributed by atoms with Crippen LogP contribution in [0.4, 0.5) is 0 Å². The number of hydrogen-bond acceptors (Lipinski definition) is 2. The summed E-state index contributed by atoms with van der Waals surface area (Å²) < 4.78 is 0. The van der Waals surface area contributed by atoms with Crippen LogP contribution in [-0.4, -0.2) is 5.78 Å². The summed E-state index contributed by atoms with van der Waals surface area (Å²) >= 11 is 0. The fourth-order valence-electron chi connectivity index (χ4n) is 1.66. The summed E-state index contributed by atoms with van der Waals surface area (Å²) in [6, 6.07) is 9.64. The molecule has 0 heterocycles. The Morgan fingerprint density at radius 3 is 2.38 bits per heavy atom. The van der Waals surface area contributed by atoms with Gasteiger partial charge in [0.05, 0.1) is 6.07 Å². The molecule has 1 aromatic rings. The molecule has 1 unspecified atom stereocenters. The normalized spacial score (nSPS) is 11.8. The molecule has 0 bridgehead atoms. The number of nitriles is 1. The Labute approximate surface area is 96.9 Å². The van der Waals surface area contributed by atoms with E-state index in [1.165, 1.54) is 5.56 Å². The Hall–Kier alpha value is -1.62. The lowest BCUT2D eigenvalue weighted by Gasteiger charge is -2.06. The van der Waals surface area contributed by atoms with Crippen LogP contribution in [0.2, 0.25) is 0 Å². The molecule has 16 heavy (non-hydrogen) atoms. The number of carbonyl (C=O) groups excluding carboxylic acids is 1. The highest BCUT2D eigenvalue weighted by atomic mass is 16.1. The number of aryl methyl sites for hydroxylation is 1. The molecule has 1 rings (SSSR count). The fourth-order valence-corrected chi connectivity index (χ4v) is 1.66. The predicted octanol–water partition coefficient (Wildman–Crippen LogP) is 3.37. The second-order valence-corrected chi connectivity index (χ2v) is 3.90. The summed E-state index contributed by atoms with van der Waals surface area (Å²) in [6.07, 6.45) is 2.71. The highest BCUT2D eigenvalue weighted by molar-refractivity contribution is 5.99. The molecule has 2 nitrogen and oxygen atoms in total. The van der Waals surface area contributed by atoms with Crippen molar-refractivity contribution in [2.75, 3.05) is 0 Å². The molecule has 84 valence electrons. The van der Waals surface area contributed by atoms with Gasteiger partial charge in [-0.15, -0.1) is 0 Å². The van der Waals surface area contributed by atoms with Gasteiger partial charge in [-0.05, 0) is 18.4 Å². The van der Waals surface area contributed by atoms with Gasteiger partial charge in [-0.1, -0.05) is 44.5 Å². The van der Waals surface area contributed by atoms with E-state index in [2.05, 4.69) is 6.92 Å². The van der Waals surface area contributed by atoms with Crippen LogP contribution in [0, 0.1) is 17.2 Å². The Morgan fingerprint density at radius 2 is 1.94 bits per heavy atom. The lowest BCUT2D eigenvalue weighted by Crippen LogP contribution is -2.11. The van der Waals surface area contributed by atoms with Crippen LogP contribution in [0.5, 0.6) is 0 Å². The second-order valence-electron chi connectivity index (χ2n) is 3.90. The first kappa shape index (κ1) is 12.4. The zero-order valence-corrected chi connectivity index (χ0v) is 9.86. The van der Waals surface area contributed by atoms with Gasteiger partial charge < -0.3 is 0 Å². The second kappa shape index (κ2) is 6.07. The van der Waals surface area contributed by atoms with E-state index in [4.69, 9.17) is 5.26 Å². The summed E-state index contributed by atoms with van der Waals surface area (Å²) in [5, 5.41) is 8.83. The van der Waals surface area contributed by atoms with Crippen LogP contribution < -0.4 is 0 Å². The van der Waals surface area contributed by atoms with Gasteiger partial charge in [-0.25, -0.2) is 0 Å². The Balaban J connectivity index is 2.82. The van der Waals surface area contributed by atoms with Crippen LogP contribution in [0.1, 0.15) is 42.6 Å². The SMILES string of the molecule is CCCc1ccc(C(=O)C(C#N)CC)cc1. The number of ketones is 1. The third-order valence-corrected chi connectivity index (χ3v) is 2.66. The quantitative estimate of drug-likeness (QED) is 0.706. The van der Waals surface area contributed by atoms with Gasteiger partial charge in [0.15, 0.2) is 5.78 Å². The number of hydrogen-bond donors (Lipinski definition) is 0. The van der Waals surface area contributed by atoms with Crippen LogP contribution in [-0.2, 0) is 6.42 Å². The van der Waals surface area contributed by atoms with Crippen LogP contribution >= 0.6 is 0 Å². The first-order chi connectivity index (χ1) is 7.72. The molecule has 0 aromatic heterocycles. The molecule has 0 amide bonds. The summed E-state index contributed by atoms with van der Waals surface area (Å²) in [5.74, 6) is -0.565. The predicted molar refractivity (Wildman–Crippen MR) is 64.2 cm³/mol. The molecular weight excluding hydrogens is 198 g/mol. The van der Waals surface area contributed by atoms with E-state index in [0.717, 1.165) is 12.8 Å². The lowest BCUT2D eigenvalue weighted by atomic mass is 9.95. The third-order valence-electron chi connectivity index (χ3n) is 2.66. The molecule has 0 saturated heterocycles. The smallest absolute Gasteiger partial charge is 0.179 e. The zero-order valence-electron chi connectivity index (χ0n) is 9.86. The van der Waals surface area contributed by atoms with Crippen molar-refractivity contribution < 1.29 is 4.79 Å². The molecule has 0 fully saturated rings. The fraction of sp³-hybridized carbons (Fsp3) is 0.429. The maximum Gasteiger partial charge on any atom is 0.179 e. The maximum absolute atomic E-state index is 11.9. The number of carbonyl (C=O) groups is 1. The average Bonchev–Trinajstić information content (AvgIpc) is 2.32. The van der Waals surface area contributed by atoms with Crippen molar-refractivity contribution in [3.8, 4) is 6.07 Å². The van der Waals surface area contributed by atoms with E-state index in [1.54, 1.807) is 0 Å². The van der Waals surface area contributed by atoms with Crippen LogP contribution in [0.3, 0.4) is 0 Å². The van der Waals surface area contributed by atoms with Crippen molar-refractivity contribution in [1.29, 1.82) is 5.26 Å². The van der Waals surface area contributed by atoms with Crippen molar-refractivity contribution in [2.24, 2.45) is 5.92 Å². The van der Waals surface area contributed by atoms with Gasteiger partial charge in [0.2, 0.25) is 0 Å². The molecule has 0 saturated carbocycles. The average molecular weight is 215 g/mol. The highest BCUT2D eigenvalue weighted by Gasteiger charge is 2.16. The van der Waals surface area contributed by atoms with Crippen molar-refractivity contribution in [1.82, 2.24) is 0 Å². The van der Waals surface area contributed by atoms with E-state index in [0.29, 0.717) is 12.0 Å². The number of benzene rings is 1. The number of nitrogens with zero attached hydrogens (tertiary/aromatic N) is 1. The van der Waals surface area contributed by atoms with Gasteiger partial charge in [0, 0.05) is 5.56 Å². The van der Waals surface area contributed by atoms with Crippen LogP contribution in [0.25, 0.3) is 0 Å². The number of Topliss-reactive ketones (excluding diaryl/α,β-unsaturated/α-hetero) is 1. The van der Waals surface area contributed by atoms with E-state index in [-0.39, 0.29) is 5.78 Å². The minimum Gasteiger partial charge on any atom is -0.293 e. The van der Waals surface area contributed by atoms with Crippen molar-refractivity contribution in [2.45, 2.75) is 33.1 Å². The molecule has 1 aromatic carbocycles. The maximum atomic E-state index is 11.9. The molecule has 0 spiro atoms. The minimum absolute atomic E-state index is 0.0620. The molecule has 0 aliphatic heterocycles. The van der Waals surface area contributed by atoms with Gasteiger partial charge in [0.25, 0.3) is 0 Å². The molecule has 0 aliphatic carbocycles. The Bertz CT molecular complexity index is 386. The van der Waals surface area contributed by atoms with Crippen LogP contribution in [0.15, 0.2) is 24.3 Å². The largest absolute Gasteiger partial charge is 0.293 e. The number of rotatable bonds is 5. The topological polar surface area (TPSA) is 40.9 Å². The zero-order chi connectivity index (χ0) is 12.0. The minimum atomic E-state index is -0.503. The lowest BCUT2D eigenvalue weighted by molar-refractivity contribution is 0.0946. The van der Waals surface area contributed by atoms with Gasteiger partial charge in [-0.3, -0.25) is 4.79 Å². The van der Waals surface area contributed by atoms with E-state index >= 15 is 0 Å².